The Balaban J connectivity index is 1.83. The van der Waals surface area contributed by atoms with Gasteiger partial charge in [0.05, 0.1) is 17.3 Å². The van der Waals surface area contributed by atoms with Gasteiger partial charge in [0.25, 0.3) is 0 Å². The molecule has 2 saturated heterocycles. The van der Waals surface area contributed by atoms with Crippen molar-refractivity contribution < 1.29 is 18.0 Å². The molecule has 6 nitrogen and oxygen atoms in total. The zero-order valence-corrected chi connectivity index (χ0v) is 12.4. The summed E-state index contributed by atoms with van der Waals surface area (Å²) in [6.07, 6.45) is 0.621. The van der Waals surface area contributed by atoms with Crippen molar-refractivity contribution in [3.63, 3.8) is 0 Å². The Bertz CT molecular complexity index is 477. The second-order valence-corrected chi connectivity index (χ2v) is 8.41. The summed E-state index contributed by atoms with van der Waals surface area (Å²) >= 11 is 1.39. The number of sulfone groups is 1. The van der Waals surface area contributed by atoms with Gasteiger partial charge in [-0.05, 0) is 13.3 Å². The summed E-state index contributed by atoms with van der Waals surface area (Å²) in [6.45, 7) is 2.71. The minimum absolute atomic E-state index is 0.0165. The van der Waals surface area contributed by atoms with Crippen molar-refractivity contribution in [1.82, 2.24) is 10.2 Å². The lowest BCUT2D eigenvalue weighted by Crippen LogP contribution is -2.56. The van der Waals surface area contributed by atoms with Crippen LogP contribution < -0.4 is 5.32 Å². The van der Waals surface area contributed by atoms with E-state index in [0.717, 1.165) is 0 Å². The van der Waals surface area contributed by atoms with Crippen LogP contribution in [0.15, 0.2) is 0 Å². The summed E-state index contributed by atoms with van der Waals surface area (Å²) in [5, 5.41) is 2.72. The summed E-state index contributed by atoms with van der Waals surface area (Å²) in [5.41, 5.74) is 0. The third-order valence-electron chi connectivity index (χ3n) is 3.45. The number of hydrogen-bond donors (Lipinski definition) is 1. The van der Waals surface area contributed by atoms with E-state index in [-0.39, 0.29) is 34.3 Å². The molecule has 2 rings (SSSR count). The molecule has 0 aliphatic carbocycles. The maximum atomic E-state index is 12.0. The van der Waals surface area contributed by atoms with E-state index in [4.69, 9.17) is 0 Å². The number of carbonyl (C=O) groups is 2. The van der Waals surface area contributed by atoms with Crippen LogP contribution in [0.5, 0.6) is 0 Å². The lowest BCUT2D eigenvalue weighted by Gasteiger charge is -2.32. The van der Waals surface area contributed by atoms with Crippen molar-refractivity contribution in [2.24, 2.45) is 0 Å². The number of nitrogens with zero attached hydrogens (tertiary/aromatic N) is 1. The van der Waals surface area contributed by atoms with E-state index in [1.54, 1.807) is 11.8 Å². The maximum Gasteiger partial charge on any atom is 0.242 e. The predicted molar refractivity (Wildman–Crippen MR) is 73.7 cm³/mol. The average molecular weight is 306 g/mol. The largest absolute Gasteiger partial charge is 0.353 e. The Morgan fingerprint density at radius 2 is 2.26 bits per heavy atom. The van der Waals surface area contributed by atoms with Crippen LogP contribution in [0.2, 0.25) is 0 Å². The van der Waals surface area contributed by atoms with Crippen molar-refractivity contribution in [3.05, 3.63) is 0 Å². The van der Waals surface area contributed by atoms with Crippen LogP contribution in [0.25, 0.3) is 0 Å². The van der Waals surface area contributed by atoms with Gasteiger partial charge in [-0.3, -0.25) is 9.59 Å². The van der Waals surface area contributed by atoms with E-state index >= 15 is 0 Å². The molecule has 2 heterocycles. The molecule has 0 aromatic heterocycles. The first-order valence-corrected chi connectivity index (χ1v) is 9.15. The fourth-order valence-electron chi connectivity index (χ4n) is 2.29. The third-order valence-corrected chi connectivity index (χ3v) is 6.72. The highest BCUT2D eigenvalue weighted by molar-refractivity contribution is 8.02. The quantitative estimate of drug-likeness (QED) is 0.742. The van der Waals surface area contributed by atoms with Crippen LogP contribution >= 0.6 is 11.8 Å². The van der Waals surface area contributed by atoms with Gasteiger partial charge in [0.15, 0.2) is 9.84 Å². The lowest BCUT2D eigenvalue weighted by molar-refractivity contribution is -0.140. The molecule has 0 saturated carbocycles. The monoisotopic (exact) mass is 306 g/mol. The molecule has 2 unspecified atom stereocenters. The number of piperazine rings is 1. The average Bonchev–Trinajstić information content (AvgIpc) is 2.69. The SMILES string of the molecule is CC1C(=O)NCCN1C(=O)CSC1CCS(=O)(=O)C1. The zero-order chi connectivity index (χ0) is 14.0. The van der Waals surface area contributed by atoms with Crippen molar-refractivity contribution in [2.75, 3.05) is 30.3 Å². The third kappa shape index (κ3) is 3.62. The summed E-state index contributed by atoms with van der Waals surface area (Å²) < 4.78 is 22.6. The van der Waals surface area contributed by atoms with Gasteiger partial charge < -0.3 is 10.2 Å². The Morgan fingerprint density at radius 3 is 2.89 bits per heavy atom. The van der Waals surface area contributed by atoms with Crippen molar-refractivity contribution in [1.29, 1.82) is 0 Å². The van der Waals surface area contributed by atoms with Crippen molar-refractivity contribution >= 4 is 33.4 Å². The first-order chi connectivity index (χ1) is 8.89. The van der Waals surface area contributed by atoms with Crippen LogP contribution in [0.1, 0.15) is 13.3 Å². The molecular formula is C11H18N2O4S2. The smallest absolute Gasteiger partial charge is 0.242 e. The molecule has 0 aromatic rings. The molecule has 108 valence electrons. The fraction of sp³-hybridized carbons (Fsp3) is 0.818. The number of thioether (sulfide) groups is 1. The van der Waals surface area contributed by atoms with Crippen LogP contribution in [-0.4, -0.2) is 66.8 Å². The summed E-state index contributed by atoms with van der Waals surface area (Å²) in [6, 6.07) is -0.436. The number of carbonyl (C=O) groups excluding carboxylic acids is 2. The van der Waals surface area contributed by atoms with Gasteiger partial charge in [0.1, 0.15) is 6.04 Å². The summed E-state index contributed by atoms with van der Waals surface area (Å²) in [4.78, 5) is 25.1. The summed E-state index contributed by atoms with van der Waals surface area (Å²) in [7, 11) is -2.90. The molecule has 2 amide bonds. The molecule has 2 aliphatic rings. The molecule has 2 aliphatic heterocycles. The van der Waals surface area contributed by atoms with Gasteiger partial charge in [-0.25, -0.2) is 8.42 Å². The Labute approximate surface area is 117 Å². The van der Waals surface area contributed by atoms with Crippen LogP contribution in [-0.2, 0) is 19.4 Å². The molecule has 0 bridgehead atoms. The molecule has 1 N–H and O–H groups in total. The number of hydrogen-bond acceptors (Lipinski definition) is 5. The zero-order valence-electron chi connectivity index (χ0n) is 10.8. The van der Waals surface area contributed by atoms with Crippen LogP contribution in [0.3, 0.4) is 0 Å². The Hall–Kier alpha value is -0.760. The molecule has 0 aromatic carbocycles. The normalized spacial score (nSPS) is 30.2. The minimum Gasteiger partial charge on any atom is -0.353 e. The highest BCUT2D eigenvalue weighted by atomic mass is 32.2. The van der Waals surface area contributed by atoms with Gasteiger partial charge >= 0.3 is 0 Å². The van der Waals surface area contributed by atoms with E-state index in [2.05, 4.69) is 5.32 Å². The fourth-order valence-corrected chi connectivity index (χ4v) is 5.82. The van der Waals surface area contributed by atoms with E-state index in [1.165, 1.54) is 11.8 Å². The Morgan fingerprint density at radius 1 is 1.53 bits per heavy atom. The number of nitrogens with one attached hydrogen (secondary N) is 1. The van der Waals surface area contributed by atoms with E-state index in [0.29, 0.717) is 19.5 Å². The maximum absolute atomic E-state index is 12.0. The second-order valence-electron chi connectivity index (χ2n) is 4.89. The van der Waals surface area contributed by atoms with E-state index in [9.17, 15) is 18.0 Å². The van der Waals surface area contributed by atoms with Crippen LogP contribution in [0, 0.1) is 0 Å². The van der Waals surface area contributed by atoms with Crippen molar-refractivity contribution in [2.45, 2.75) is 24.6 Å². The standard InChI is InChI=1S/C11H18N2O4S2/c1-8-11(15)12-3-4-13(8)10(14)6-18-9-2-5-19(16,17)7-9/h8-9H,2-7H2,1H3,(H,12,15). The predicted octanol–water partition coefficient (Wildman–Crippen LogP) is -0.746. The van der Waals surface area contributed by atoms with Gasteiger partial charge in [-0.15, -0.1) is 11.8 Å². The van der Waals surface area contributed by atoms with E-state index < -0.39 is 15.9 Å². The molecular weight excluding hydrogens is 288 g/mol. The molecule has 0 spiro atoms. The van der Waals surface area contributed by atoms with Crippen molar-refractivity contribution in [3.8, 4) is 0 Å². The van der Waals surface area contributed by atoms with Gasteiger partial charge in [-0.2, -0.15) is 0 Å². The molecule has 19 heavy (non-hydrogen) atoms. The molecule has 2 fully saturated rings. The Kier molecular flexibility index (Phi) is 4.39. The van der Waals surface area contributed by atoms with Gasteiger partial charge in [0.2, 0.25) is 11.8 Å². The molecule has 2 atom stereocenters. The first-order valence-electron chi connectivity index (χ1n) is 6.28. The summed E-state index contributed by atoms with van der Waals surface area (Å²) in [5.74, 6) is 0.421. The molecule has 0 radical (unpaired) electrons. The minimum atomic E-state index is -2.90. The highest BCUT2D eigenvalue weighted by Crippen LogP contribution is 2.24. The lowest BCUT2D eigenvalue weighted by atomic mass is 10.2. The van der Waals surface area contributed by atoms with Gasteiger partial charge in [0, 0.05) is 18.3 Å². The van der Waals surface area contributed by atoms with Crippen LogP contribution in [0.4, 0.5) is 0 Å². The first kappa shape index (κ1) is 14.6. The topological polar surface area (TPSA) is 83.6 Å². The molecule has 8 heteroatoms. The van der Waals surface area contributed by atoms with E-state index in [1.807, 2.05) is 0 Å². The highest BCUT2D eigenvalue weighted by Gasteiger charge is 2.32. The number of amides is 2. The van der Waals surface area contributed by atoms with Gasteiger partial charge in [-0.1, -0.05) is 0 Å². The second kappa shape index (κ2) is 5.70. The number of rotatable bonds is 3.